The highest BCUT2D eigenvalue weighted by Gasteiger charge is 2.26. The normalized spacial score (nSPS) is 14.4. The van der Waals surface area contributed by atoms with E-state index in [9.17, 15) is 22.4 Å². The SMILES string of the molecule is Cc1cc(C(=O)OCC(=O)Nc2ccc(S(=O)(=O)N3CCCCC3)cc2)c(C)n1-c1ccc(F)cc1. The summed E-state index contributed by atoms with van der Waals surface area (Å²) in [6, 6.07) is 13.5. The van der Waals surface area contributed by atoms with Crippen molar-refractivity contribution in [3.8, 4) is 5.69 Å². The third-order valence-corrected chi connectivity index (χ3v) is 8.07. The van der Waals surface area contributed by atoms with Gasteiger partial charge in [0.15, 0.2) is 6.61 Å². The summed E-state index contributed by atoms with van der Waals surface area (Å²) in [6.45, 7) is 4.07. The molecule has 4 rings (SSSR count). The summed E-state index contributed by atoms with van der Waals surface area (Å²) in [7, 11) is -3.56. The largest absolute Gasteiger partial charge is 0.452 e. The van der Waals surface area contributed by atoms with E-state index in [4.69, 9.17) is 4.74 Å². The zero-order valence-corrected chi connectivity index (χ0v) is 21.0. The van der Waals surface area contributed by atoms with Gasteiger partial charge in [-0.1, -0.05) is 6.42 Å². The molecule has 1 aliphatic heterocycles. The first-order valence-corrected chi connectivity index (χ1v) is 13.1. The summed E-state index contributed by atoms with van der Waals surface area (Å²) in [4.78, 5) is 25.1. The van der Waals surface area contributed by atoms with E-state index in [0.717, 1.165) is 25.0 Å². The second-order valence-corrected chi connectivity index (χ2v) is 10.6. The van der Waals surface area contributed by atoms with Gasteiger partial charge in [0, 0.05) is 35.9 Å². The number of hydrogen-bond donors (Lipinski definition) is 1. The molecule has 0 saturated carbocycles. The average molecular weight is 514 g/mol. The van der Waals surface area contributed by atoms with Crippen molar-refractivity contribution < 1.29 is 27.1 Å². The summed E-state index contributed by atoms with van der Waals surface area (Å²) in [5.74, 6) is -1.57. The van der Waals surface area contributed by atoms with Crippen molar-refractivity contribution >= 4 is 27.6 Å². The van der Waals surface area contributed by atoms with Gasteiger partial charge in [-0.3, -0.25) is 4.79 Å². The zero-order valence-electron chi connectivity index (χ0n) is 20.2. The molecular weight excluding hydrogens is 485 g/mol. The topological polar surface area (TPSA) is 97.7 Å². The van der Waals surface area contributed by atoms with Crippen molar-refractivity contribution in [1.29, 1.82) is 0 Å². The van der Waals surface area contributed by atoms with Gasteiger partial charge in [-0.15, -0.1) is 0 Å². The summed E-state index contributed by atoms with van der Waals surface area (Å²) in [5, 5.41) is 2.60. The molecule has 1 saturated heterocycles. The van der Waals surface area contributed by atoms with Gasteiger partial charge in [0.2, 0.25) is 10.0 Å². The number of aromatic nitrogens is 1. The zero-order chi connectivity index (χ0) is 25.9. The number of rotatable bonds is 7. The van der Waals surface area contributed by atoms with Crippen LogP contribution in [0, 0.1) is 19.7 Å². The van der Waals surface area contributed by atoms with E-state index in [2.05, 4.69) is 5.32 Å². The number of anilines is 1. The summed E-state index contributed by atoms with van der Waals surface area (Å²) >= 11 is 0. The fraction of sp³-hybridized carbons (Fsp3) is 0.308. The highest BCUT2D eigenvalue weighted by molar-refractivity contribution is 7.89. The number of ether oxygens (including phenoxy) is 1. The number of carbonyl (C=O) groups excluding carboxylic acids is 2. The predicted octanol–water partition coefficient (Wildman–Crippen LogP) is 4.20. The number of sulfonamides is 1. The quantitative estimate of drug-likeness (QED) is 0.478. The van der Waals surface area contributed by atoms with Crippen LogP contribution in [0.1, 0.15) is 41.0 Å². The minimum absolute atomic E-state index is 0.172. The second kappa shape index (κ2) is 10.6. The molecule has 1 aromatic heterocycles. The number of nitrogens with one attached hydrogen (secondary N) is 1. The Morgan fingerprint density at radius 1 is 0.972 bits per heavy atom. The fourth-order valence-corrected chi connectivity index (χ4v) is 5.84. The summed E-state index contributed by atoms with van der Waals surface area (Å²) < 4.78 is 47.3. The molecule has 0 bridgehead atoms. The van der Waals surface area contributed by atoms with Gasteiger partial charge in [0.25, 0.3) is 5.91 Å². The van der Waals surface area contributed by atoms with E-state index >= 15 is 0 Å². The molecule has 2 heterocycles. The molecule has 190 valence electrons. The van der Waals surface area contributed by atoms with E-state index in [1.807, 2.05) is 6.92 Å². The van der Waals surface area contributed by atoms with Crippen molar-refractivity contribution in [1.82, 2.24) is 8.87 Å². The Morgan fingerprint density at radius 3 is 2.25 bits per heavy atom. The first kappa shape index (κ1) is 25.6. The molecule has 1 N–H and O–H groups in total. The number of amides is 1. The average Bonchev–Trinajstić information content (AvgIpc) is 3.17. The Morgan fingerprint density at radius 2 is 1.61 bits per heavy atom. The lowest BCUT2D eigenvalue weighted by molar-refractivity contribution is -0.119. The van der Waals surface area contributed by atoms with Gasteiger partial charge >= 0.3 is 5.97 Å². The smallest absolute Gasteiger partial charge is 0.340 e. The molecule has 10 heteroatoms. The molecule has 1 fully saturated rings. The first-order valence-electron chi connectivity index (χ1n) is 11.7. The van der Waals surface area contributed by atoms with Crippen LogP contribution in [0.5, 0.6) is 0 Å². The van der Waals surface area contributed by atoms with Gasteiger partial charge in [-0.25, -0.2) is 17.6 Å². The van der Waals surface area contributed by atoms with Crippen molar-refractivity contribution in [2.24, 2.45) is 0 Å². The Labute approximate surface area is 209 Å². The van der Waals surface area contributed by atoms with Gasteiger partial charge in [0.1, 0.15) is 5.82 Å². The number of carbonyl (C=O) groups is 2. The van der Waals surface area contributed by atoms with E-state index in [-0.39, 0.29) is 10.7 Å². The van der Waals surface area contributed by atoms with Crippen molar-refractivity contribution in [3.05, 3.63) is 77.4 Å². The summed E-state index contributed by atoms with van der Waals surface area (Å²) in [6.07, 6.45) is 2.73. The first-order chi connectivity index (χ1) is 17.2. The molecule has 2 aromatic carbocycles. The van der Waals surface area contributed by atoms with Crippen LogP contribution in [-0.4, -0.2) is 48.9 Å². The highest BCUT2D eigenvalue weighted by Crippen LogP contribution is 2.23. The Bertz CT molecular complexity index is 1360. The molecule has 36 heavy (non-hydrogen) atoms. The van der Waals surface area contributed by atoms with Gasteiger partial charge in [-0.2, -0.15) is 4.31 Å². The van der Waals surface area contributed by atoms with Crippen LogP contribution in [0.2, 0.25) is 0 Å². The van der Waals surface area contributed by atoms with Crippen LogP contribution < -0.4 is 5.32 Å². The van der Waals surface area contributed by atoms with E-state index in [1.54, 1.807) is 29.7 Å². The molecule has 1 amide bonds. The third-order valence-electron chi connectivity index (χ3n) is 6.16. The molecule has 0 radical (unpaired) electrons. The van der Waals surface area contributed by atoms with Crippen LogP contribution in [0.15, 0.2) is 59.5 Å². The fourth-order valence-electron chi connectivity index (χ4n) is 4.33. The van der Waals surface area contributed by atoms with Crippen LogP contribution in [-0.2, 0) is 19.6 Å². The van der Waals surface area contributed by atoms with E-state index < -0.39 is 28.5 Å². The molecule has 3 aromatic rings. The molecule has 0 spiro atoms. The summed E-state index contributed by atoms with van der Waals surface area (Å²) in [5.41, 5.74) is 2.76. The lowest BCUT2D eigenvalue weighted by Gasteiger charge is -2.25. The Hall–Kier alpha value is -3.50. The van der Waals surface area contributed by atoms with Gasteiger partial charge < -0.3 is 14.6 Å². The predicted molar refractivity (Wildman–Crippen MR) is 133 cm³/mol. The van der Waals surface area contributed by atoms with Gasteiger partial charge in [-0.05, 0) is 81.3 Å². The second-order valence-electron chi connectivity index (χ2n) is 8.71. The standard InChI is InChI=1S/C26H28FN3O5S/c1-18-16-24(19(2)30(18)22-10-6-20(27)7-11-22)26(32)35-17-25(31)28-21-8-12-23(13-9-21)36(33,34)29-14-4-3-5-15-29/h6-13,16H,3-5,14-15,17H2,1-2H3,(H,28,31). The van der Waals surface area contributed by atoms with Crippen molar-refractivity contribution in [3.63, 3.8) is 0 Å². The third kappa shape index (κ3) is 5.50. The maximum absolute atomic E-state index is 13.3. The van der Waals surface area contributed by atoms with Crippen LogP contribution >= 0.6 is 0 Å². The monoisotopic (exact) mass is 513 g/mol. The lowest BCUT2D eigenvalue weighted by atomic mass is 10.2. The Kier molecular flexibility index (Phi) is 7.56. The number of aryl methyl sites for hydroxylation is 1. The molecule has 0 aliphatic carbocycles. The number of halogens is 1. The molecule has 0 unspecified atom stereocenters. The van der Waals surface area contributed by atoms with Crippen LogP contribution in [0.25, 0.3) is 5.69 Å². The lowest BCUT2D eigenvalue weighted by Crippen LogP contribution is -2.35. The maximum atomic E-state index is 13.3. The maximum Gasteiger partial charge on any atom is 0.340 e. The molecule has 1 aliphatic rings. The number of esters is 1. The molecule has 0 atom stereocenters. The Balaban J connectivity index is 1.36. The number of piperidine rings is 1. The van der Waals surface area contributed by atoms with Gasteiger partial charge in [0.05, 0.1) is 10.5 Å². The molecule has 8 nitrogen and oxygen atoms in total. The molecular formula is C26H28FN3O5S. The van der Waals surface area contributed by atoms with Crippen LogP contribution in [0.3, 0.4) is 0 Å². The van der Waals surface area contributed by atoms with Crippen molar-refractivity contribution in [2.75, 3.05) is 25.0 Å². The highest BCUT2D eigenvalue weighted by atomic mass is 32.2. The van der Waals surface area contributed by atoms with E-state index in [1.165, 1.54) is 40.7 Å². The number of nitrogens with zero attached hydrogens (tertiary/aromatic N) is 2. The number of benzene rings is 2. The van der Waals surface area contributed by atoms with Crippen LogP contribution in [0.4, 0.5) is 10.1 Å². The van der Waals surface area contributed by atoms with Crippen molar-refractivity contribution in [2.45, 2.75) is 38.0 Å². The van der Waals surface area contributed by atoms with E-state index in [0.29, 0.717) is 35.7 Å². The minimum atomic E-state index is -3.56. The number of hydrogen-bond acceptors (Lipinski definition) is 5. The minimum Gasteiger partial charge on any atom is -0.452 e.